The molecule has 0 radical (unpaired) electrons. The molecule has 0 aromatic carbocycles. The number of terminal acetylenes is 1. The number of fused-ring (bicyclic) bond motifs is 1. The first-order valence-electron chi connectivity index (χ1n) is 5.69. The van der Waals surface area contributed by atoms with Gasteiger partial charge in [-0.15, -0.1) is 6.42 Å². The predicted octanol–water partition coefficient (Wildman–Crippen LogP) is 0.990. The molecule has 88 valence electrons. The Hall–Kier alpha value is -1.21. The lowest BCUT2D eigenvalue weighted by atomic mass is 9.82. The lowest BCUT2D eigenvalue weighted by Gasteiger charge is -2.34. The molecular weight excluding hydrogens is 206 g/mol. The van der Waals surface area contributed by atoms with Gasteiger partial charge in [-0.25, -0.2) is 4.79 Å². The Balaban J connectivity index is 2.22. The van der Waals surface area contributed by atoms with Crippen molar-refractivity contribution in [1.29, 1.82) is 0 Å². The lowest BCUT2D eigenvalue weighted by Crippen LogP contribution is -2.45. The molecule has 1 saturated carbocycles. The monoisotopic (exact) mass is 223 g/mol. The summed E-state index contributed by atoms with van der Waals surface area (Å²) < 4.78 is 4.76. The minimum atomic E-state index is -0.371. The Morgan fingerprint density at radius 1 is 1.56 bits per heavy atom. The number of hydrogen-bond acceptors (Lipinski definition) is 3. The maximum absolute atomic E-state index is 11.7. The second-order valence-electron chi connectivity index (χ2n) is 4.52. The van der Waals surface area contributed by atoms with Gasteiger partial charge in [-0.2, -0.15) is 0 Å². The van der Waals surface area contributed by atoms with Crippen LogP contribution in [0.4, 0.5) is 4.79 Å². The number of rotatable bonds is 0. The first kappa shape index (κ1) is 11.3. The number of carbonyl (C=O) groups excluding carboxylic acids is 1. The average molecular weight is 223 g/mol. The molecule has 1 aliphatic heterocycles. The molecule has 1 aliphatic carbocycles. The highest BCUT2D eigenvalue weighted by molar-refractivity contribution is 5.69. The molecule has 1 heterocycles. The third-order valence-corrected chi connectivity index (χ3v) is 3.75. The van der Waals surface area contributed by atoms with Crippen LogP contribution in [0.5, 0.6) is 0 Å². The van der Waals surface area contributed by atoms with Gasteiger partial charge in [-0.05, 0) is 25.7 Å². The van der Waals surface area contributed by atoms with Crippen molar-refractivity contribution in [2.24, 2.45) is 5.92 Å². The molecule has 0 aromatic rings. The average Bonchev–Trinajstić information content (AvgIpc) is 2.68. The van der Waals surface area contributed by atoms with Crippen LogP contribution in [-0.4, -0.2) is 41.4 Å². The standard InChI is InChI=1S/C12H17NO3/c1-3-8-7-9-10(5-4-6-11(9)14)13(8)12(15)16-2/h1,8-11,14H,4-7H2,2H3. The largest absolute Gasteiger partial charge is 0.453 e. The molecule has 2 fully saturated rings. The summed E-state index contributed by atoms with van der Waals surface area (Å²) in [6.45, 7) is 0. The number of aliphatic hydroxyl groups is 1. The third-order valence-electron chi connectivity index (χ3n) is 3.75. The fraction of sp³-hybridized carbons (Fsp3) is 0.750. The van der Waals surface area contributed by atoms with Crippen molar-refractivity contribution in [2.75, 3.05) is 7.11 Å². The molecule has 4 atom stereocenters. The van der Waals surface area contributed by atoms with Crippen LogP contribution in [0.2, 0.25) is 0 Å². The fourth-order valence-electron chi connectivity index (χ4n) is 3.00. The summed E-state index contributed by atoms with van der Waals surface area (Å²) in [5.74, 6) is 2.74. The van der Waals surface area contributed by atoms with E-state index in [4.69, 9.17) is 11.2 Å². The van der Waals surface area contributed by atoms with Gasteiger partial charge in [0, 0.05) is 12.0 Å². The zero-order valence-corrected chi connectivity index (χ0v) is 9.43. The Labute approximate surface area is 95.6 Å². The summed E-state index contributed by atoms with van der Waals surface area (Å²) in [6, 6.07) is -0.174. The fourth-order valence-corrected chi connectivity index (χ4v) is 3.00. The Morgan fingerprint density at radius 3 is 2.94 bits per heavy atom. The summed E-state index contributed by atoms with van der Waals surface area (Å²) in [7, 11) is 1.36. The van der Waals surface area contributed by atoms with Crippen molar-refractivity contribution in [1.82, 2.24) is 4.90 Å². The van der Waals surface area contributed by atoms with Crippen LogP contribution in [-0.2, 0) is 4.74 Å². The van der Waals surface area contributed by atoms with E-state index < -0.39 is 0 Å². The smallest absolute Gasteiger partial charge is 0.410 e. The quantitative estimate of drug-likeness (QED) is 0.623. The number of hydrogen-bond donors (Lipinski definition) is 1. The van der Waals surface area contributed by atoms with Gasteiger partial charge in [0.2, 0.25) is 0 Å². The molecule has 1 N–H and O–H groups in total. The van der Waals surface area contributed by atoms with Crippen molar-refractivity contribution in [2.45, 2.75) is 43.9 Å². The predicted molar refractivity (Wildman–Crippen MR) is 58.6 cm³/mol. The number of amides is 1. The van der Waals surface area contributed by atoms with E-state index in [2.05, 4.69) is 5.92 Å². The highest BCUT2D eigenvalue weighted by Gasteiger charge is 2.47. The molecular formula is C12H17NO3. The van der Waals surface area contributed by atoms with Gasteiger partial charge >= 0.3 is 6.09 Å². The number of ether oxygens (including phenoxy) is 1. The SMILES string of the molecule is C#CC1CC2C(O)CCCC2N1C(=O)OC. The highest BCUT2D eigenvalue weighted by Crippen LogP contribution is 2.39. The van der Waals surface area contributed by atoms with E-state index in [1.165, 1.54) is 7.11 Å². The second kappa shape index (κ2) is 4.34. The van der Waals surface area contributed by atoms with E-state index in [0.29, 0.717) is 6.42 Å². The Kier molecular flexibility index (Phi) is 3.06. The molecule has 0 spiro atoms. The summed E-state index contributed by atoms with van der Waals surface area (Å²) in [4.78, 5) is 13.3. The molecule has 4 unspecified atom stereocenters. The molecule has 1 amide bonds. The molecule has 2 aliphatic rings. The van der Waals surface area contributed by atoms with Crippen molar-refractivity contribution >= 4 is 6.09 Å². The highest BCUT2D eigenvalue weighted by atomic mass is 16.5. The minimum Gasteiger partial charge on any atom is -0.453 e. The minimum absolute atomic E-state index is 0.0530. The van der Waals surface area contributed by atoms with Crippen LogP contribution in [0.3, 0.4) is 0 Å². The maximum atomic E-state index is 11.7. The number of carbonyl (C=O) groups is 1. The molecule has 16 heavy (non-hydrogen) atoms. The zero-order valence-electron chi connectivity index (χ0n) is 9.43. The van der Waals surface area contributed by atoms with E-state index in [1.54, 1.807) is 4.90 Å². The van der Waals surface area contributed by atoms with Gasteiger partial charge in [0.25, 0.3) is 0 Å². The normalized spacial score (nSPS) is 37.7. The maximum Gasteiger partial charge on any atom is 0.410 e. The Morgan fingerprint density at radius 2 is 2.31 bits per heavy atom. The van der Waals surface area contributed by atoms with Crippen LogP contribution >= 0.6 is 0 Å². The Bertz CT molecular complexity index is 323. The number of aliphatic hydroxyl groups excluding tert-OH is 1. The van der Waals surface area contributed by atoms with Crippen molar-refractivity contribution in [3.05, 3.63) is 0 Å². The van der Waals surface area contributed by atoms with Crippen molar-refractivity contribution in [3.8, 4) is 12.3 Å². The summed E-state index contributed by atoms with van der Waals surface area (Å²) in [6.07, 6.45) is 8.09. The molecule has 0 bridgehead atoms. The van der Waals surface area contributed by atoms with Gasteiger partial charge in [-0.3, -0.25) is 4.90 Å². The van der Waals surface area contributed by atoms with E-state index in [0.717, 1.165) is 19.3 Å². The van der Waals surface area contributed by atoms with Crippen LogP contribution < -0.4 is 0 Å². The number of likely N-dealkylation sites (tertiary alicyclic amines) is 1. The molecule has 1 saturated heterocycles. The van der Waals surface area contributed by atoms with Crippen LogP contribution in [0.25, 0.3) is 0 Å². The molecule has 4 nitrogen and oxygen atoms in total. The zero-order chi connectivity index (χ0) is 11.7. The van der Waals surface area contributed by atoms with Crippen molar-refractivity contribution in [3.63, 3.8) is 0 Å². The molecule has 0 aromatic heterocycles. The third kappa shape index (κ3) is 1.65. The van der Waals surface area contributed by atoms with Gasteiger partial charge in [0.15, 0.2) is 0 Å². The van der Waals surface area contributed by atoms with E-state index in [-0.39, 0.29) is 30.2 Å². The van der Waals surface area contributed by atoms with Crippen LogP contribution in [0, 0.1) is 18.3 Å². The van der Waals surface area contributed by atoms with Gasteiger partial charge < -0.3 is 9.84 Å². The van der Waals surface area contributed by atoms with Crippen LogP contribution in [0.15, 0.2) is 0 Å². The van der Waals surface area contributed by atoms with Crippen molar-refractivity contribution < 1.29 is 14.6 Å². The van der Waals surface area contributed by atoms with Crippen LogP contribution in [0.1, 0.15) is 25.7 Å². The summed E-state index contributed by atoms with van der Waals surface area (Å²) in [5.41, 5.74) is 0. The van der Waals surface area contributed by atoms with E-state index in [9.17, 15) is 9.90 Å². The van der Waals surface area contributed by atoms with E-state index in [1.807, 2.05) is 0 Å². The topological polar surface area (TPSA) is 49.8 Å². The lowest BCUT2D eigenvalue weighted by molar-refractivity contribution is 0.0382. The number of methoxy groups -OCH3 is 1. The van der Waals surface area contributed by atoms with Gasteiger partial charge in [-0.1, -0.05) is 5.92 Å². The first-order chi connectivity index (χ1) is 7.69. The molecule has 4 heteroatoms. The van der Waals surface area contributed by atoms with E-state index >= 15 is 0 Å². The summed E-state index contributed by atoms with van der Waals surface area (Å²) >= 11 is 0. The van der Waals surface area contributed by atoms with Gasteiger partial charge in [0.1, 0.15) is 0 Å². The number of nitrogens with zero attached hydrogens (tertiary/aromatic N) is 1. The first-order valence-corrected chi connectivity index (χ1v) is 5.69. The summed E-state index contributed by atoms with van der Waals surface area (Å²) in [5, 5.41) is 9.92. The second-order valence-corrected chi connectivity index (χ2v) is 4.52. The van der Waals surface area contributed by atoms with Gasteiger partial charge in [0.05, 0.1) is 19.3 Å². The molecule has 2 rings (SSSR count).